The number of methoxy groups -OCH3 is 1. The summed E-state index contributed by atoms with van der Waals surface area (Å²) in [6, 6.07) is 4.63. The second-order valence-corrected chi connectivity index (χ2v) is 7.23. The van der Waals surface area contributed by atoms with Crippen molar-refractivity contribution in [3.63, 3.8) is 0 Å². The summed E-state index contributed by atoms with van der Waals surface area (Å²) in [5.74, 6) is -0.0291. The van der Waals surface area contributed by atoms with E-state index in [9.17, 15) is 13.2 Å². The van der Waals surface area contributed by atoms with Crippen molar-refractivity contribution in [3.8, 4) is 5.75 Å². The molecule has 1 amide bonds. The van der Waals surface area contributed by atoms with Crippen molar-refractivity contribution in [3.05, 3.63) is 30.4 Å². The van der Waals surface area contributed by atoms with Gasteiger partial charge in [0.25, 0.3) is 0 Å². The van der Waals surface area contributed by atoms with Gasteiger partial charge in [-0.1, -0.05) is 12.5 Å². The summed E-state index contributed by atoms with van der Waals surface area (Å²) in [5.41, 5.74) is 0.421. The highest BCUT2D eigenvalue weighted by Crippen LogP contribution is 2.31. The number of anilines is 1. The third-order valence-corrected chi connectivity index (χ3v) is 5.60. The van der Waals surface area contributed by atoms with Crippen molar-refractivity contribution in [2.24, 2.45) is 0 Å². The van der Waals surface area contributed by atoms with Crippen LogP contribution in [0.25, 0.3) is 0 Å². The van der Waals surface area contributed by atoms with E-state index >= 15 is 0 Å². The van der Waals surface area contributed by atoms with E-state index in [1.165, 1.54) is 23.6 Å². The second-order valence-electron chi connectivity index (χ2n) is 5.32. The number of amides is 1. The van der Waals surface area contributed by atoms with Gasteiger partial charge in [-0.3, -0.25) is 4.79 Å². The fourth-order valence-electron chi connectivity index (χ4n) is 2.54. The molecule has 0 aromatic heterocycles. The van der Waals surface area contributed by atoms with E-state index in [0.29, 0.717) is 18.8 Å². The molecule has 0 bridgehead atoms. The first kappa shape index (κ1) is 17.5. The topological polar surface area (TPSA) is 75.7 Å². The number of benzene rings is 1. The minimum atomic E-state index is -3.64. The Kier molecular flexibility index (Phi) is 5.79. The highest BCUT2D eigenvalue weighted by Gasteiger charge is 2.29. The van der Waals surface area contributed by atoms with E-state index in [4.69, 9.17) is 4.74 Å². The maximum atomic E-state index is 12.8. The number of sulfonamides is 1. The monoisotopic (exact) mass is 338 g/mol. The molecule has 1 aromatic rings. The largest absolute Gasteiger partial charge is 0.495 e. The van der Waals surface area contributed by atoms with Crippen molar-refractivity contribution in [1.82, 2.24) is 4.31 Å². The minimum absolute atomic E-state index is 0.0835. The van der Waals surface area contributed by atoms with E-state index in [1.807, 2.05) is 0 Å². The summed E-state index contributed by atoms with van der Waals surface area (Å²) in [6.07, 6.45) is 5.76. The van der Waals surface area contributed by atoms with Crippen molar-refractivity contribution in [1.29, 1.82) is 0 Å². The SMILES string of the molecule is CC=CC(=O)Nc1ccc(OC)c(S(=O)(=O)N2CCCCC2)c1. The van der Waals surface area contributed by atoms with Crippen molar-refractivity contribution >= 4 is 21.6 Å². The lowest BCUT2D eigenvalue weighted by Gasteiger charge is -2.26. The molecule has 0 radical (unpaired) electrons. The van der Waals surface area contributed by atoms with Crippen LogP contribution in [0.2, 0.25) is 0 Å². The Morgan fingerprint density at radius 3 is 2.57 bits per heavy atom. The Bertz CT molecular complexity index is 692. The molecule has 1 saturated heterocycles. The van der Waals surface area contributed by atoms with Gasteiger partial charge in [-0.25, -0.2) is 8.42 Å². The Hall–Kier alpha value is -1.86. The molecule has 7 heteroatoms. The van der Waals surface area contributed by atoms with Gasteiger partial charge < -0.3 is 10.1 Å². The van der Waals surface area contributed by atoms with Crippen LogP contribution >= 0.6 is 0 Å². The number of allylic oxidation sites excluding steroid dienone is 1. The maximum absolute atomic E-state index is 12.8. The van der Waals surface area contributed by atoms with Gasteiger partial charge in [-0.2, -0.15) is 4.31 Å². The summed E-state index contributed by atoms with van der Waals surface area (Å²) < 4.78 is 32.4. The molecule has 0 aliphatic carbocycles. The van der Waals surface area contributed by atoms with Crippen LogP contribution in [0.15, 0.2) is 35.2 Å². The van der Waals surface area contributed by atoms with E-state index in [1.54, 1.807) is 25.1 Å². The number of nitrogens with zero attached hydrogens (tertiary/aromatic N) is 1. The van der Waals surface area contributed by atoms with Gasteiger partial charge in [0.05, 0.1) is 7.11 Å². The molecular formula is C16H22N2O4S. The molecular weight excluding hydrogens is 316 g/mol. The zero-order valence-corrected chi connectivity index (χ0v) is 14.2. The van der Waals surface area contributed by atoms with E-state index in [0.717, 1.165) is 19.3 Å². The van der Waals surface area contributed by atoms with Crippen LogP contribution in [-0.4, -0.2) is 38.8 Å². The van der Waals surface area contributed by atoms with Gasteiger partial charge in [0.2, 0.25) is 15.9 Å². The van der Waals surface area contributed by atoms with Crippen LogP contribution < -0.4 is 10.1 Å². The predicted octanol–water partition coefficient (Wildman–Crippen LogP) is 2.38. The maximum Gasteiger partial charge on any atom is 0.248 e. The molecule has 2 rings (SSSR count). The number of hydrogen-bond donors (Lipinski definition) is 1. The van der Waals surface area contributed by atoms with Crippen LogP contribution in [0.5, 0.6) is 5.75 Å². The number of carbonyl (C=O) groups is 1. The van der Waals surface area contributed by atoms with Crippen LogP contribution in [0.4, 0.5) is 5.69 Å². The summed E-state index contributed by atoms with van der Waals surface area (Å²) in [7, 11) is -2.20. The smallest absolute Gasteiger partial charge is 0.248 e. The number of rotatable bonds is 5. The number of carbonyl (C=O) groups excluding carboxylic acids is 1. The molecule has 0 atom stereocenters. The molecule has 1 N–H and O–H groups in total. The second kappa shape index (κ2) is 7.61. The average Bonchev–Trinajstić information content (AvgIpc) is 2.56. The number of hydrogen-bond acceptors (Lipinski definition) is 4. The van der Waals surface area contributed by atoms with Crippen molar-refractivity contribution in [2.45, 2.75) is 31.1 Å². The fraction of sp³-hybridized carbons (Fsp3) is 0.438. The Balaban J connectivity index is 2.36. The molecule has 1 aliphatic heterocycles. The lowest BCUT2D eigenvalue weighted by molar-refractivity contribution is -0.111. The van der Waals surface area contributed by atoms with Gasteiger partial charge in [-0.15, -0.1) is 0 Å². The lowest BCUT2D eigenvalue weighted by atomic mass is 10.2. The van der Waals surface area contributed by atoms with Crippen molar-refractivity contribution in [2.75, 3.05) is 25.5 Å². The molecule has 126 valence electrons. The summed E-state index contributed by atoms with van der Waals surface area (Å²) in [4.78, 5) is 11.7. The molecule has 1 aromatic carbocycles. The molecule has 0 saturated carbocycles. The zero-order chi connectivity index (χ0) is 16.9. The summed E-state index contributed by atoms with van der Waals surface area (Å²) in [6.45, 7) is 2.77. The fourth-order valence-corrected chi connectivity index (χ4v) is 4.23. The van der Waals surface area contributed by atoms with E-state index in [2.05, 4.69) is 5.32 Å². The highest BCUT2D eigenvalue weighted by atomic mass is 32.2. The Labute approximate surface area is 137 Å². The van der Waals surface area contributed by atoms with Gasteiger partial charge in [0.1, 0.15) is 10.6 Å². The molecule has 23 heavy (non-hydrogen) atoms. The third kappa shape index (κ3) is 4.11. The van der Waals surface area contributed by atoms with Crippen LogP contribution in [0, 0.1) is 0 Å². The molecule has 0 spiro atoms. The normalized spacial score (nSPS) is 16.4. The summed E-state index contributed by atoms with van der Waals surface area (Å²) in [5, 5.41) is 2.65. The zero-order valence-electron chi connectivity index (χ0n) is 13.4. The van der Waals surface area contributed by atoms with Crippen LogP contribution in [0.1, 0.15) is 26.2 Å². The third-order valence-electron chi connectivity index (χ3n) is 3.68. The molecule has 1 aliphatic rings. The standard InChI is InChI=1S/C16H22N2O4S/c1-3-7-16(19)17-13-8-9-14(22-2)15(12-13)23(20,21)18-10-5-4-6-11-18/h3,7-9,12H,4-6,10-11H2,1-2H3,(H,17,19). The van der Waals surface area contributed by atoms with Gasteiger partial charge in [0, 0.05) is 18.8 Å². The number of ether oxygens (including phenoxy) is 1. The minimum Gasteiger partial charge on any atom is -0.495 e. The first-order chi connectivity index (χ1) is 11.0. The van der Waals surface area contributed by atoms with Gasteiger partial charge in [0.15, 0.2) is 0 Å². The molecule has 1 heterocycles. The lowest BCUT2D eigenvalue weighted by Crippen LogP contribution is -2.35. The van der Waals surface area contributed by atoms with Gasteiger partial charge >= 0.3 is 0 Å². The average molecular weight is 338 g/mol. The highest BCUT2D eigenvalue weighted by molar-refractivity contribution is 7.89. The van der Waals surface area contributed by atoms with Crippen LogP contribution in [0.3, 0.4) is 0 Å². The van der Waals surface area contributed by atoms with Crippen LogP contribution in [-0.2, 0) is 14.8 Å². The Morgan fingerprint density at radius 2 is 1.96 bits per heavy atom. The quantitative estimate of drug-likeness (QED) is 0.837. The van der Waals surface area contributed by atoms with E-state index < -0.39 is 10.0 Å². The van der Waals surface area contributed by atoms with E-state index in [-0.39, 0.29) is 16.6 Å². The molecule has 6 nitrogen and oxygen atoms in total. The molecule has 1 fully saturated rings. The Morgan fingerprint density at radius 1 is 1.26 bits per heavy atom. The van der Waals surface area contributed by atoms with Crippen molar-refractivity contribution < 1.29 is 17.9 Å². The first-order valence-electron chi connectivity index (χ1n) is 7.61. The predicted molar refractivity (Wildman–Crippen MR) is 89.0 cm³/mol. The molecule has 0 unspecified atom stereocenters. The number of nitrogens with one attached hydrogen (secondary N) is 1. The number of piperidine rings is 1. The first-order valence-corrected chi connectivity index (χ1v) is 9.05. The summed E-state index contributed by atoms with van der Waals surface area (Å²) >= 11 is 0. The van der Waals surface area contributed by atoms with Gasteiger partial charge in [-0.05, 0) is 44.0 Å².